The molecular weight excluding hydrogens is 281 g/mol. The molecule has 118 valence electrons. The fraction of sp³-hybridized carbons (Fsp3) is 0.529. The zero-order valence-electron chi connectivity index (χ0n) is 13.1. The maximum Gasteiger partial charge on any atom is 0.227 e. The predicted octanol–water partition coefficient (Wildman–Crippen LogP) is 3.36. The summed E-state index contributed by atoms with van der Waals surface area (Å²) in [5.74, 6) is 2.15. The molecule has 2 heterocycles. The highest BCUT2D eigenvalue weighted by atomic mass is 19.1. The number of piperidine rings is 1. The van der Waals surface area contributed by atoms with Gasteiger partial charge in [0.25, 0.3) is 0 Å². The fourth-order valence-electron chi connectivity index (χ4n) is 3.05. The normalized spacial score (nSPS) is 20.0. The number of nitrogens with one attached hydrogen (secondary N) is 1. The summed E-state index contributed by atoms with van der Waals surface area (Å²) in [6.07, 6.45) is 3.28. The summed E-state index contributed by atoms with van der Waals surface area (Å²) in [7, 11) is 0. The maximum atomic E-state index is 13.3. The summed E-state index contributed by atoms with van der Waals surface area (Å²) in [5.41, 5.74) is 1.38. The van der Waals surface area contributed by atoms with Crippen molar-refractivity contribution in [2.24, 2.45) is 11.8 Å². The van der Waals surface area contributed by atoms with E-state index in [4.69, 9.17) is 4.52 Å². The van der Waals surface area contributed by atoms with Crippen LogP contribution in [0.1, 0.15) is 31.2 Å². The molecule has 3 rings (SSSR count). The van der Waals surface area contributed by atoms with Gasteiger partial charge in [0.2, 0.25) is 11.7 Å². The van der Waals surface area contributed by atoms with Crippen LogP contribution in [0.3, 0.4) is 0 Å². The number of aryl methyl sites for hydroxylation is 1. The lowest BCUT2D eigenvalue weighted by Crippen LogP contribution is -2.33. The third kappa shape index (κ3) is 3.35. The lowest BCUT2D eigenvalue weighted by Gasteiger charge is -2.27. The summed E-state index contributed by atoms with van der Waals surface area (Å²) in [6.45, 7) is 6.17. The highest BCUT2D eigenvalue weighted by molar-refractivity contribution is 5.55. The van der Waals surface area contributed by atoms with E-state index in [2.05, 4.69) is 22.4 Å². The molecule has 0 radical (unpaired) electrons. The van der Waals surface area contributed by atoms with Crippen LogP contribution in [0.15, 0.2) is 22.7 Å². The summed E-state index contributed by atoms with van der Waals surface area (Å²) >= 11 is 0. The van der Waals surface area contributed by atoms with Crippen molar-refractivity contribution >= 4 is 0 Å². The minimum atomic E-state index is -0.217. The smallest absolute Gasteiger partial charge is 0.227 e. The second-order valence-corrected chi connectivity index (χ2v) is 6.26. The Morgan fingerprint density at radius 3 is 3.05 bits per heavy atom. The third-order valence-electron chi connectivity index (χ3n) is 4.52. The fourth-order valence-corrected chi connectivity index (χ4v) is 3.05. The molecule has 1 aromatic carbocycles. The minimum absolute atomic E-state index is 0.217. The molecule has 0 saturated carbocycles. The van der Waals surface area contributed by atoms with Gasteiger partial charge in [-0.05, 0) is 68.5 Å². The van der Waals surface area contributed by atoms with Crippen molar-refractivity contribution < 1.29 is 8.91 Å². The van der Waals surface area contributed by atoms with E-state index in [1.807, 2.05) is 0 Å². The Morgan fingerprint density at radius 2 is 2.32 bits per heavy atom. The van der Waals surface area contributed by atoms with E-state index in [0.29, 0.717) is 29.1 Å². The highest BCUT2D eigenvalue weighted by Crippen LogP contribution is 2.24. The standard InChI is InChI=1S/C17H22FN3O/c1-11(14-4-3-7-19-10-14)9-16-20-17(21-22-16)13-5-6-15(18)12(2)8-13/h5-6,8,11,14,19H,3-4,7,9-10H2,1-2H3. The Morgan fingerprint density at radius 1 is 1.45 bits per heavy atom. The van der Waals surface area contributed by atoms with Crippen LogP contribution in [-0.4, -0.2) is 23.2 Å². The molecule has 1 aromatic heterocycles. The maximum absolute atomic E-state index is 13.3. The van der Waals surface area contributed by atoms with E-state index < -0.39 is 0 Å². The van der Waals surface area contributed by atoms with Gasteiger partial charge in [-0.3, -0.25) is 0 Å². The molecule has 1 saturated heterocycles. The Kier molecular flexibility index (Phi) is 4.52. The SMILES string of the molecule is Cc1cc(-c2noc(CC(C)C3CCCNC3)n2)ccc1F. The second-order valence-electron chi connectivity index (χ2n) is 6.26. The van der Waals surface area contributed by atoms with E-state index in [9.17, 15) is 4.39 Å². The Labute approximate surface area is 130 Å². The average molecular weight is 303 g/mol. The van der Waals surface area contributed by atoms with Gasteiger partial charge in [-0.15, -0.1) is 0 Å². The molecule has 2 atom stereocenters. The number of benzene rings is 1. The first-order chi connectivity index (χ1) is 10.6. The average Bonchev–Trinajstić information content (AvgIpc) is 2.99. The van der Waals surface area contributed by atoms with Crippen LogP contribution in [0.2, 0.25) is 0 Å². The van der Waals surface area contributed by atoms with E-state index >= 15 is 0 Å². The van der Waals surface area contributed by atoms with E-state index in [0.717, 1.165) is 25.1 Å². The number of nitrogens with zero attached hydrogens (tertiary/aromatic N) is 2. The van der Waals surface area contributed by atoms with Crippen LogP contribution in [-0.2, 0) is 6.42 Å². The number of rotatable bonds is 4. The van der Waals surface area contributed by atoms with Crippen molar-refractivity contribution in [3.05, 3.63) is 35.5 Å². The molecule has 1 fully saturated rings. The van der Waals surface area contributed by atoms with Gasteiger partial charge >= 0.3 is 0 Å². The highest BCUT2D eigenvalue weighted by Gasteiger charge is 2.22. The second kappa shape index (κ2) is 6.57. The van der Waals surface area contributed by atoms with Crippen molar-refractivity contribution in [2.75, 3.05) is 13.1 Å². The summed E-state index contributed by atoms with van der Waals surface area (Å²) in [4.78, 5) is 4.47. The zero-order chi connectivity index (χ0) is 15.5. The summed E-state index contributed by atoms with van der Waals surface area (Å²) in [6, 6.07) is 4.88. The largest absolute Gasteiger partial charge is 0.339 e. The molecule has 1 aliphatic rings. The van der Waals surface area contributed by atoms with Crippen LogP contribution in [0.4, 0.5) is 4.39 Å². The first kappa shape index (κ1) is 15.2. The Hall–Kier alpha value is -1.75. The molecule has 0 bridgehead atoms. The topological polar surface area (TPSA) is 51.0 Å². The minimum Gasteiger partial charge on any atom is -0.339 e. The Balaban J connectivity index is 1.69. The van der Waals surface area contributed by atoms with Gasteiger partial charge in [0.05, 0.1) is 0 Å². The van der Waals surface area contributed by atoms with Crippen molar-refractivity contribution in [2.45, 2.75) is 33.1 Å². The molecule has 0 amide bonds. The first-order valence-electron chi connectivity index (χ1n) is 7.93. The first-order valence-corrected chi connectivity index (χ1v) is 7.93. The molecule has 5 heteroatoms. The summed E-state index contributed by atoms with van der Waals surface area (Å²) < 4.78 is 18.7. The lowest BCUT2D eigenvalue weighted by atomic mass is 9.85. The van der Waals surface area contributed by atoms with Crippen LogP contribution in [0.5, 0.6) is 0 Å². The van der Waals surface area contributed by atoms with Crippen LogP contribution in [0.25, 0.3) is 11.4 Å². The molecule has 4 nitrogen and oxygen atoms in total. The molecule has 0 aliphatic carbocycles. The van der Waals surface area contributed by atoms with Crippen molar-refractivity contribution in [1.82, 2.24) is 15.5 Å². The molecule has 1 N–H and O–H groups in total. The number of hydrogen-bond acceptors (Lipinski definition) is 4. The van der Waals surface area contributed by atoms with Crippen molar-refractivity contribution in [3.63, 3.8) is 0 Å². The van der Waals surface area contributed by atoms with Gasteiger partial charge in [-0.25, -0.2) is 4.39 Å². The van der Waals surface area contributed by atoms with E-state index in [-0.39, 0.29) is 5.82 Å². The van der Waals surface area contributed by atoms with Crippen LogP contribution in [0, 0.1) is 24.6 Å². The predicted molar refractivity (Wildman–Crippen MR) is 82.9 cm³/mol. The van der Waals surface area contributed by atoms with Gasteiger partial charge in [-0.1, -0.05) is 12.1 Å². The molecule has 2 unspecified atom stereocenters. The lowest BCUT2D eigenvalue weighted by molar-refractivity contribution is 0.257. The monoisotopic (exact) mass is 303 g/mol. The van der Waals surface area contributed by atoms with Gasteiger partial charge in [0, 0.05) is 12.0 Å². The molecule has 1 aliphatic heterocycles. The number of halogens is 1. The number of aromatic nitrogens is 2. The zero-order valence-corrected chi connectivity index (χ0v) is 13.1. The summed E-state index contributed by atoms with van der Waals surface area (Å²) in [5, 5.41) is 7.47. The molecular formula is C17H22FN3O. The van der Waals surface area contributed by atoms with Gasteiger partial charge < -0.3 is 9.84 Å². The molecule has 0 spiro atoms. The van der Waals surface area contributed by atoms with E-state index in [1.54, 1.807) is 19.1 Å². The number of hydrogen-bond donors (Lipinski definition) is 1. The van der Waals surface area contributed by atoms with Crippen molar-refractivity contribution in [1.29, 1.82) is 0 Å². The van der Waals surface area contributed by atoms with Crippen LogP contribution >= 0.6 is 0 Å². The quantitative estimate of drug-likeness (QED) is 0.941. The molecule has 22 heavy (non-hydrogen) atoms. The molecule has 2 aromatic rings. The van der Waals surface area contributed by atoms with Gasteiger partial charge in [0.1, 0.15) is 5.82 Å². The van der Waals surface area contributed by atoms with Gasteiger partial charge in [0.15, 0.2) is 0 Å². The van der Waals surface area contributed by atoms with Crippen LogP contribution < -0.4 is 5.32 Å². The Bertz CT molecular complexity index is 635. The van der Waals surface area contributed by atoms with E-state index in [1.165, 1.54) is 18.9 Å². The van der Waals surface area contributed by atoms with Crippen molar-refractivity contribution in [3.8, 4) is 11.4 Å². The van der Waals surface area contributed by atoms with Gasteiger partial charge in [-0.2, -0.15) is 4.98 Å². The third-order valence-corrected chi connectivity index (χ3v) is 4.52.